The molecule has 0 amide bonds. The molecule has 4 heteroatoms. The monoisotopic (exact) mass is 281 g/mol. The maximum atomic E-state index is 6.17. The van der Waals surface area contributed by atoms with E-state index in [9.17, 15) is 0 Å². The highest BCUT2D eigenvalue weighted by Crippen LogP contribution is 2.47. The van der Waals surface area contributed by atoms with Crippen LogP contribution in [0.3, 0.4) is 0 Å². The summed E-state index contributed by atoms with van der Waals surface area (Å²) in [6.45, 7) is 2.93. The largest absolute Gasteiger partial charge is 0.369 e. The van der Waals surface area contributed by atoms with Crippen LogP contribution < -0.4 is 5.32 Å². The van der Waals surface area contributed by atoms with E-state index in [1.165, 1.54) is 10.4 Å². The van der Waals surface area contributed by atoms with Gasteiger partial charge in [0.05, 0.1) is 17.0 Å². The lowest BCUT2D eigenvalue weighted by Gasteiger charge is -2.44. The van der Waals surface area contributed by atoms with Crippen molar-refractivity contribution in [3.8, 4) is 12.3 Å². The van der Waals surface area contributed by atoms with Crippen LogP contribution >= 0.6 is 22.9 Å². The Morgan fingerprint density at radius 3 is 3.22 bits per heavy atom. The molecule has 3 atom stereocenters. The second kappa shape index (κ2) is 4.54. The van der Waals surface area contributed by atoms with Crippen LogP contribution in [0.5, 0.6) is 0 Å². The molecular formula is C14H16ClNOS. The molecule has 18 heavy (non-hydrogen) atoms. The number of nitrogens with one attached hydrogen (secondary N) is 1. The Morgan fingerprint density at radius 2 is 2.44 bits per heavy atom. The molecule has 96 valence electrons. The SMILES string of the molecule is C#C[C@@H]1C[C@]2(C[C@H](C)N1)OCCc1cc(Cl)sc12. The maximum Gasteiger partial charge on any atom is 0.106 e. The quantitative estimate of drug-likeness (QED) is 0.738. The lowest BCUT2D eigenvalue weighted by Crippen LogP contribution is -2.52. The number of ether oxygens (including phenoxy) is 1. The van der Waals surface area contributed by atoms with E-state index in [1.54, 1.807) is 11.3 Å². The maximum absolute atomic E-state index is 6.17. The van der Waals surface area contributed by atoms with Crippen LogP contribution in [0, 0.1) is 12.3 Å². The minimum absolute atomic E-state index is 0.0839. The molecule has 3 rings (SSSR count). The van der Waals surface area contributed by atoms with E-state index < -0.39 is 0 Å². The smallest absolute Gasteiger partial charge is 0.106 e. The van der Waals surface area contributed by atoms with Crippen molar-refractivity contribution in [1.82, 2.24) is 5.32 Å². The first-order valence-corrected chi connectivity index (χ1v) is 7.47. The lowest BCUT2D eigenvalue weighted by atomic mass is 9.80. The van der Waals surface area contributed by atoms with Gasteiger partial charge in [0.25, 0.3) is 0 Å². The van der Waals surface area contributed by atoms with Gasteiger partial charge < -0.3 is 10.1 Å². The lowest BCUT2D eigenvalue weighted by molar-refractivity contribution is -0.0902. The molecule has 0 aromatic carbocycles. The minimum atomic E-state index is -0.215. The summed E-state index contributed by atoms with van der Waals surface area (Å²) in [6, 6.07) is 2.54. The zero-order chi connectivity index (χ0) is 12.8. The standard InChI is InChI=1S/C14H16ClNOS/c1-3-11-8-14(7-9(2)16-11)13-10(4-5-17-14)6-12(15)18-13/h1,6,9,11,16H,4-5,7-8H2,2H3/t9-,11+,14-/m0/s1. The number of halogens is 1. The number of terminal acetylenes is 1. The number of hydrogen-bond acceptors (Lipinski definition) is 3. The molecule has 0 radical (unpaired) electrons. The molecule has 2 aliphatic rings. The summed E-state index contributed by atoms with van der Waals surface area (Å²) in [5.41, 5.74) is 1.13. The first-order valence-electron chi connectivity index (χ1n) is 6.28. The van der Waals surface area contributed by atoms with E-state index >= 15 is 0 Å². The molecule has 2 aliphatic heterocycles. The van der Waals surface area contributed by atoms with Crippen LogP contribution in [0.1, 0.15) is 30.2 Å². The first-order chi connectivity index (χ1) is 8.63. The van der Waals surface area contributed by atoms with Crippen molar-refractivity contribution < 1.29 is 4.74 Å². The van der Waals surface area contributed by atoms with Gasteiger partial charge in [0.2, 0.25) is 0 Å². The van der Waals surface area contributed by atoms with Gasteiger partial charge in [0.15, 0.2) is 0 Å². The summed E-state index contributed by atoms with van der Waals surface area (Å²) in [5, 5.41) is 3.43. The molecular weight excluding hydrogens is 266 g/mol. The molecule has 1 spiro atoms. The fourth-order valence-corrected chi connectivity index (χ4v) is 4.63. The molecule has 0 aliphatic carbocycles. The van der Waals surface area contributed by atoms with Gasteiger partial charge in [0, 0.05) is 17.3 Å². The summed E-state index contributed by atoms with van der Waals surface area (Å²) in [4.78, 5) is 1.30. The number of thiophene rings is 1. The van der Waals surface area contributed by atoms with Gasteiger partial charge in [-0.25, -0.2) is 0 Å². The van der Waals surface area contributed by atoms with E-state index in [0.29, 0.717) is 6.04 Å². The summed E-state index contributed by atoms with van der Waals surface area (Å²) in [5.74, 6) is 2.82. The molecule has 1 aromatic heterocycles. The van der Waals surface area contributed by atoms with Crippen molar-refractivity contribution in [2.45, 2.75) is 43.9 Å². The van der Waals surface area contributed by atoms with Crippen LogP contribution in [-0.4, -0.2) is 18.7 Å². The second-order valence-corrected chi connectivity index (χ2v) is 6.88. The van der Waals surface area contributed by atoms with Gasteiger partial charge >= 0.3 is 0 Å². The highest BCUT2D eigenvalue weighted by Gasteiger charge is 2.45. The fraction of sp³-hybridized carbons (Fsp3) is 0.571. The predicted molar refractivity (Wildman–Crippen MR) is 75.1 cm³/mol. The van der Waals surface area contributed by atoms with E-state index in [4.69, 9.17) is 22.8 Å². The van der Waals surface area contributed by atoms with Crippen molar-refractivity contribution in [2.24, 2.45) is 0 Å². The molecule has 1 aromatic rings. The molecule has 0 saturated carbocycles. The Hall–Kier alpha value is -0.530. The van der Waals surface area contributed by atoms with Crippen molar-refractivity contribution in [1.29, 1.82) is 0 Å². The van der Waals surface area contributed by atoms with Gasteiger partial charge in [-0.05, 0) is 31.4 Å². The second-order valence-electron chi connectivity index (χ2n) is 5.19. The third-order valence-electron chi connectivity index (χ3n) is 3.80. The third kappa shape index (κ3) is 1.98. The van der Waals surface area contributed by atoms with Crippen LogP contribution in [0.15, 0.2) is 6.07 Å². The molecule has 1 fully saturated rings. The molecule has 2 nitrogen and oxygen atoms in total. The summed E-state index contributed by atoms with van der Waals surface area (Å²) in [7, 11) is 0. The summed E-state index contributed by atoms with van der Waals surface area (Å²) < 4.78 is 7.02. The number of rotatable bonds is 0. The normalized spacial score (nSPS) is 35.2. The van der Waals surface area contributed by atoms with Gasteiger partial charge in [-0.1, -0.05) is 17.5 Å². The van der Waals surface area contributed by atoms with E-state index in [1.807, 2.05) is 0 Å². The third-order valence-corrected chi connectivity index (χ3v) is 5.29. The van der Waals surface area contributed by atoms with Crippen LogP contribution in [0.25, 0.3) is 0 Å². The Labute approximate surface area is 117 Å². The molecule has 0 unspecified atom stereocenters. The molecule has 1 N–H and O–H groups in total. The Kier molecular flexibility index (Phi) is 3.15. The summed E-state index contributed by atoms with van der Waals surface area (Å²) in [6.07, 6.45) is 8.36. The van der Waals surface area contributed by atoms with Gasteiger partial charge in [-0.15, -0.1) is 17.8 Å². The van der Waals surface area contributed by atoms with E-state index in [0.717, 1.165) is 30.2 Å². The first kappa shape index (κ1) is 12.5. The zero-order valence-electron chi connectivity index (χ0n) is 10.3. The van der Waals surface area contributed by atoms with Crippen LogP contribution in [-0.2, 0) is 16.8 Å². The van der Waals surface area contributed by atoms with Crippen molar-refractivity contribution in [3.63, 3.8) is 0 Å². The van der Waals surface area contributed by atoms with Crippen molar-refractivity contribution >= 4 is 22.9 Å². The number of piperidine rings is 1. The predicted octanol–water partition coefficient (Wildman–Crippen LogP) is 2.94. The Bertz CT molecular complexity index is 506. The zero-order valence-corrected chi connectivity index (χ0v) is 11.9. The highest BCUT2D eigenvalue weighted by molar-refractivity contribution is 7.16. The van der Waals surface area contributed by atoms with Crippen LogP contribution in [0.2, 0.25) is 4.34 Å². The topological polar surface area (TPSA) is 21.3 Å². The Morgan fingerprint density at radius 1 is 1.61 bits per heavy atom. The Balaban J connectivity index is 2.02. The van der Waals surface area contributed by atoms with Gasteiger partial charge in [-0.2, -0.15) is 0 Å². The van der Waals surface area contributed by atoms with Crippen molar-refractivity contribution in [3.05, 3.63) is 20.8 Å². The van der Waals surface area contributed by atoms with E-state index in [2.05, 4.69) is 24.2 Å². The van der Waals surface area contributed by atoms with Crippen LogP contribution in [0.4, 0.5) is 0 Å². The number of hydrogen-bond donors (Lipinski definition) is 1. The van der Waals surface area contributed by atoms with Crippen molar-refractivity contribution in [2.75, 3.05) is 6.61 Å². The molecule has 3 heterocycles. The molecule has 0 bridgehead atoms. The minimum Gasteiger partial charge on any atom is -0.369 e. The molecule has 1 saturated heterocycles. The van der Waals surface area contributed by atoms with Gasteiger partial charge in [0.1, 0.15) is 5.60 Å². The van der Waals surface area contributed by atoms with Gasteiger partial charge in [-0.3, -0.25) is 0 Å². The average molecular weight is 282 g/mol. The summed E-state index contributed by atoms with van der Waals surface area (Å²) >= 11 is 7.82. The number of fused-ring (bicyclic) bond motifs is 2. The van der Waals surface area contributed by atoms with E-state index in [-0.39, 0.29) is 11.6 Å². The fourth-order valence-electron chi connectivity index (χ4n) is 3.17. The average Bonchev–Trinajstić information content (AvgIpc) is 2.71. The highest BCUT2D eigenvalue weighted by atomic mass is 35.5.